The van der Waals surface area contributed by atoms with E-state index in [0.717, 1.165) is 26.7 Å². The Morgan fingerprint density at radius 3 is 2.33 bits per heavy atom. The molecule has 0 heterocycles. The van der Waals surface area contributed by atoms with Crippen molar-refractivity contribution in [3.05, 3.63) is 0 Å². The Morgan fingerprint density at radius 2 is 1.89 bits per heavy atom. The number of esters is 1. The fraction of sp³-hybridized carbons (Fsp3) is 0.833. The minimum atomic E-state index is -4.68. The van der Waals surface area contributed by atoms with E-state index in [1.807, 2.05) is 0 Å². The predicted molar refractivity (Wildman–Crippen MR) is 55.6 cm³/mol. The van der Waals surface area contributed by atoms with Gasteiger partial charge in [0.25, 0.3) is 0 Å². The van der Waals surface area contributed by atoms with Crippen molar-refractivity contribution in [1.82, 2.24) is 0 Å². The van der Waals surface area contributed by atoms with E-state index in [1.165, 1.54) is 0 Å². The Hall–Kier alpha value is -1.07. The molecule has 0 aliphatic heterocycles. The fourth-order valence-corrected chi connectivity index (χ4v) is 2.55. The lowest BCUT2D eigenvalue weighted by Gasteiger charge is -2.29. The van der Waals surface area contributed by atoms with Crippen molar-refractivity contribution >= 4 is 11.8 Å². The van der Waals surface area contributed by atoms with E-state index >= 15 is 0 Å². The van der Waals surface area contributed by atoms with Crippen molar-refractivity contribution < 1.29 is 27.5 Å². The Morgan fingerprint density at radius 1 is 1.28 bits per heavy atom. The van der Waals surface area contributed by atoms with Crippen LogP contribution in [0.1, 0.15) is 33.1 Å². The van der Waals surface area contributed by atoms with Crippen molar-refractivity contribution in [2.24, 2.45) is 17.3 Å². The summed E-state index contributed by atoms with van der Waals surface area (Å²) in [5.74, 6) is -1.78. The lowest BCUT2D eigenvalue weighted by Crippen LogP contribution is -2.44. The van der Waals surface area contributed by atoms with E-state index < -0.39 is 23.7 Å². The molecule has 2 bridgehead atoms. The Bertz CT molecular complexity index is 387. The first-order valence-corrected chi connectivity index (χ1v) is 5.96. The van der Waals surface area contributed by atoms with E-state index in [4.69, 9.17) is 4.74 Å². The molecule has 2 aliphatic rings. The Labute approximate surface area is 103 Å². The molecule has 0 radical (unpaired) electrons. The molecule has 102 valence electrons. The van der Waals surface area contributed by atoms with Gasteiger partial charge in [-0.3, -0.25) is 9.59 Å². The summed E-state index contributed by atoms with van der Waals surface area (Å²) in [6, 6.07) is 0. The minimum absolute atomic E-state index is 0.0875. The van der Waals surface area contributed by atoms with Gasteiger partial charge in [-0.15, -0.1) is 0 Å². The smallest absolute Gasteiger partial charge is 0.404 e. The maximum Gasteiger partial charge on any atom is 0.404 e. The molecule has 0 amide bonds. The third kappa shape index (κ3) is 1.91. The number of Topliss-reactive ketones (excluding diaryl/α,β-unsaturated/α-hetero) is 1. The summed E-state index contributed by atoms with van der Waals surface area (Å²) in [7, 11) is 0. The molecule has 3 unspecified atom stereocenters. The van der Waals surface area contributed by atoms with E-state index in [9.17, 15) is 22.8 Å². The van der Waals surface area contributed by atoms with Crippen LogP contribution in [-0.2, 0) is 14.3 Å². The highest BCUT2D eigenvalue weighted by atomic mass is 19.4. The van der Waals surface area contributed by atoms with Gasteiger partial charge in [0.2, 0.25) is 0 Å². The molecule has 0 aromatic carbocycles. The van der Waals surface area contributed by atoms with Crippen molar-refractivity contribution in [2.75, 3.05) is 0 Å². The molecule has 3 nitrogen and oxygen atoms in total. The molecule has 0 spiro atoms. The number of ether oxygens (including phenoxy) is 1. The van der Waals surface area contributed by atoms with Gasteiger partial charge in [-0.1, -0.05) is 0 Å². The molecule has 0 aromatic heterocycles. The molecule has 2 rings (SSSR count). The molecule has 6 heteroatoms. The Balaban J connectivity index is 2.07. The average Bonchev–Trinajstić information content (AvgIpc) is 2.80. The summed E-state index contributed by atoms with van der Waals surface area (Å²) < 4.78 is 42.8. The SMILES string of the molecule is CC(C)(C(=O)OC1C(=O)C2CCC1C2)C(F)(F)F. The highest BCUT2D eigenvalue weighted by Crippen LogP contribution is 2.45. The van der Waals surface area contributed by atoms with Gasteiger partial charge in [-0.25, -0.2) is 0 Å². The summed E-state index contributed by atoms with van der Waals surface area (Å²) in [6.45, 7) is 1.54. The number of ketones is 1. The first-order valence-electron chi connectivity index (χ1n) is 5.96. The van der Waals surface area contributed by atoms with Gasteiger partial charge < -0.3 is 4.74 Å². The van der Waals surface area contributed by atoms with Crippen molar-refractivity contribution in [1.29, 1.82) is 0 Å². The molecule has 0 aromatic rings. The number of carbonyl (C=O) groups is 2. The number of rotatable bonds is 2. The Kier molecular flexibility index (Phi) is 2.94. The number of halogens is 3. The van der Waals surface area contributed by atoms with Crippen LogP contribution in [0.3, 0.4) is 0 Å². The summed E-state index contributed by atoms with van der Waals surface area (Å²) in [6.07, 6.45) is -3.48. The monoisotopic (exact) mass is 264 g/mol. The zero-order valence-corrected chi connectivity index (χ0v) is 10.2. The molecule has 0 N–H and O–H groups in total. The second-order valence-electron chi connectivity index (χ2n) is 5.62. The summed E-state index contributed by atoms with van der Waals surface area (Å²) in [4.78, 5) is 23.3. The maximum absolute atomic E-state index is 12.7. The average molecular weight is 264 g/mol. The third-order valence-corrected chi connectivity index (χ3v) is 4.04. The van der Waals surface area contributed by atoms with Gasteiger partial charge in [0.15, 0.2) is 17.3 Å². The van der Waals surface area contributed by atoms with E-state index in [2.05, 4.69) is 0 Å². The highest BCUT2D eigenvalue weighted by Gasteiger charge is 2.57. The number of alkyl halides is 3. The molecular formula is C12H15F3O3. The quantitative estimate of drug-likeness (QED) is 0.720. The van der Waals surface area contributed by atoms with E-state index in [0.29, 0.717) is 6.42 Å². The minimum Gasteiger partial charge on any atom is -0.453 e. The van der Waals surface area contributed by atoms with Gasteiger partial charge in [0, 0.05) is 11.8 Å². The van der Waals surface area contributed by atoms with Gasteiger partial charge in [-0.2, -0.15) is 13.2 Å². The summed E-state index contributed by atoms with van der Waals surface area (Å²) in [5, 5.41) is 0. The van der Waals surface area contributed by atoms with Crippen LogP contribution in [0.2, 0.25) is 0 Å². The second kappa shape index (κ2) is 3.96. The zero-order valence-electron chi connectivity index (χ0n) is 10.2. The molecule has 2 fully saturated rings. The number of fused-ring (bicyclic) bond motifs is 2. The van der Waals surface area contributed by atoms with Crippen LogP contribution in [0.15, 0.2) is 0 Å². The van der Waals surface area contributed by atoms with Gasteiger partial charge in [0.1, 0.15) is 0 Å². The lowest BCUT2D eigenvalue weighted by molar-refractivity contribution is -0.228. The molecule has 18 heavy (non-hydrogen) atoms. The van der Waals surface area contributed by atoms with Gasteiger partial charge in [0.05, 0.1) is 0 Å². The molecular weight excluding hydrogens is 249 g/mol. The lowest BCUT2D eigenvalue weighted by atomic mass is 9.92. The number of carbonyl (C=O) groups excluding carboxylic acids is 2. The standard InChI is InChI=1S/C12H15F3O3/c1-11(2,12(13,14)15)10(17)18-9-7-4-3-6(5-7)8(9)16/h6-7,9H,3-5H2,1-2H3. The van der Waals surface area contributed by atoms with Crippen LogP contribution in [-0.4, -0.2) is 24.0 Å². The predicted octanol–water partition coefficient (Wildman–Crippen LogP) is 2.49. The number of hydrogen-bond donors (Lipinski definition) is 0. The third-order valence-electron chi connectivity index (χ3n) is 4.04. The topological polar surface area (TPSA) is 43.4 Å². The largest absolute Gasteiger partial charge is 0.453 e. The first-order chi connectivity index (χ1) is 8.14. The zero-order chi connectivity index (χ0) is 13.7. The fourth-order valence-electron chi connectivity index (χ4n) is 2.55. The second-order valence-corrected chi connectivity index (χ2v) is 5.62. The molecule has 0 saturated heterocycles. The van der Waals surface area contributed by atoms with Crippen LogP contribution >= 0.6 is 0 Å². The molecule has 2 aliphatic carbocycles. The van der Waals surface area contributed by atoms with Crippen LogP contribution in [0.25, 0.3) is 0 Å². The van der Waals surface area contributed by atoms with Crippen LogP contribution < -0.4 is 0 Å². The molecule has 2 saturated carbocycles. The summed E-state index contributed by atoms with van der Waals surface area (Å²) >= 11 is 0. The normalized spacial score (nSPS) is 31.8. The summed E-state index contributed by atoms with van der Waals surface area (Å²) in [5.41, 5.74) is -2.57. The van der Waals surface area contributed by atoms with Crippen LogP contribution in [0, 0.1) is 17.3 Å². The van der Waals surface area contributed by atoms with Crippen LogP contribution in [0.5, 0.6) is 0 Å². The van der Waals surface area contributed by atoms with Crippen molar-refractivity contribution in [3.8, 4) is 0 Å². The van der Waals surface area contributed by atoms with E-state index in [1.54, 1.807) is 0 Å². The molecule has 3 atom stereocenters. The maximum atomic E-state index is 12.7. The first kappa shape index (κ1) is 13.4. The van der Waals surface area contributed by atoms with E-state index in [-0.39, 0.29) is 17.6 Å². The highest BCUT2D eigenvalue weighted by molar-refractivity contribution is 5.91. The van der Waals surface area contributed by atoms with Crippen LogP contribution in [0.4, 0.5) is 13.2 Å². The number of hydrogen-bond acceptors (Lipinski definition) is 3. The van der Waals surface area contributed by atoms with Gasteiger partial charge in [-0.05, 0) is 33.1 Å². The van der Waals surface area contributed by atoms with Crippen molar-refractivity contribution in [3.63, 3.8) is 0 Å². The van der Waals surface area contributed by atoms with Gasteiger partial charge >= 0.3 is 12.1 Å². The van der Waals surface area contributed by atoms with Crippen molar-refractivity contribution in [2.45, 2.75) is 45.4 Å².